The number of piperazine rings is 1. The molecule has 0 spiro atoms. The van der Waals surface area contributed by atoms with Crippen molar-refractivity contribution in [3.05, 3.63) is 82.3 Å². The zero-order valence-electron chi connectivity index (χ0n) is 29.0. The molecule has 7 rings (SSSR count). The Balaban J connectivity index is 0.000000167. The summed E-state index contributed by atoms with van der Waals surface area (Å²) in [4.78, 5) is 20.0. The maximum absolute atomic E-state index is 12.8. The number of hydrogen-bond acceptors (Lipinski definition) is 4. The number of rotatable bonds is 8. The molecule has 8 heteroatoms. The van der Waals surface area contributed by atoms with E-state index in [4.69, 9.17) is 23.2 Å². The lowest BCUT2D eigenvalue weighted by molar-refractivity contribution is -0.133. The highest BCUT2D eigenvalue weighted by molar-refractivity contribution is 6.42. The molecular weight excluding hydrogens is 637 g/mol. The van der Waals surface area contributed by atoms with Crippen molar-refractivity contribution in [2.45, 2.75) is 95.9 Å². The van der Waals surface area contributed by atoms with Gasteiger partial charge in [0, 0.05) is 72.7 Å². The minimum Gasteiger partial charge on any atom is -0.341 e. The van der Waals surface area contributed by atoms with Crippen molar-refractivity contribution in [1.29, 1.82) is 0 Å². The van der Waals surface area contributed by atoms with Gasteiger partial charge in [0.2, 0.25) is 5.91 Å². The fourth-order valence-electron chi connectivity index (χ4n) is 8.50. The molecule has 1 saturated carbocycles. The van der Waals surface area contributed by atoms with Gasteiger partial charge < -0.3 is 19.7 Å². The van der Waals surface area contributed by atoms with Crippen molar-refractivity contribution >= 4 is 50.9 Å². The first-order chi connectivity index (χ1) is 23.3. The highest BCUT2D eigenvalue weighted by Gasteiger charge is 2.35. The quantitative estimate of drug-likeness (QED) is 0.202. The summed E-state index contributed by atoms with van der Waals surface area (Å²) in [5, 5.41) is 7.40. The van der Waals surface area contributed by atoms with Gasteiger partial charge in [0.05, 0.1) is 16.5 Å². The summed E-state index contributed by atoms with van der Waals surface area (Å²) < 4.78 is 2.50. The second-order valence-electron chi connectivity index (χ2n) is 14.4. The van der Waals surface area contributed by atoms with Crippen LogP contribution in [0.5, 0.6) is 0 Å². The molecule has 4 atom stereocenters. The van der Waals surface area contributed by atoms with Crippen LogP contribution in [0.3, 0.4) is 0 Å². The van der Waals surface area contributed by atoms with Gasteiger partial charge >= 0.3 is 0 Å². The van der Waals surface area contributed by atoms with Gasteiger partial charge in [-0.05, 0) is 95.4 Å². The Hall–Kier alpha value is -2.61. The number of benzene rings is 3. The largest absolute Gasteiger partial charge is 0.341 e. The molecule has 3 aromatic carbocycles. The summed E-state index contributed by atoms with van der Waals surface area (Å²) in [5.41, 5.74) is 3.65. The number of nitrogens with one attached hydrogen (secondary N) is 1. The van der Waals surface area contributed by atoms with Crippen LogP contribution in [0.4, 0.5) is 0 Å². The van der Waals surface area contributed by atoms with Gasteiger partial charge in [-0.3, -0.25) is 9.69 Å². The molecule has 3 aliphatic rings. The number of likely N-dealkylation sites (tertiary alicyclic amines) is 1. The lowest BCUT2D eigenvalue weighted by Gasteiger charge is -2.42. The monoisotopic (exact) mass is 689 g/mol. The molecule has 2 aliphatic heterocycles. The molecule has 258 valence electrons. The Bertz CT molecular complexity index is 1600. The van der Waals surface area contributed by atoms with Crippen molar-refractivity contribution in [2.75, 3.05) is 39.8 Å². The van der Waals surface area contributed by atoms with E-state index in [2.05, 4.69) is 82.1 Å². The summed E-state index contributed by atoms with van der Waals surface area (Å²) in [6.07, 6.45) is 9.01. The van der Waals surface area contributed by atoms with Crippen molar-refractivity contribution in [2.24, 2.45) is 0 Å². The van der Waals surface area contributed by atoms with E-state index >= 15 is 0 Å². The van der Waals surface area contributed by atoms with Gasteiger partial charge in [-0.1, -0.05) is 78.5 Å². The molecular formula is C40H53Cl2N5O. The third-order valence-electron chi connectivity index (χ3n) is 10.7. The zero-order chi connectivity index (χ0) is 33.6. The van der Waals surface area contributed by atoms with Crippen LogP contribution in [-0.4, -0.2) is 89.1 Å². The average Bonchev–Trinajstić information content (AvgIpc) is 3.73. The average molecular weight is 691 g/mol. The number of aryl methyl sites for hydroxylation is 1. The van der Waals surface area contributed by atoms with Crippen molar-refractivity contribution < 1.29 is 4.79 Å². The van der Waals surface area contributed by atoms with Crippen LogP contribution in [-0.2, 0) is 17.8 Å². The standard InChI is InChI=1S/C21H27N3.C19H26Cl2N2O/c1-16-14-23(15-17(2)22-16)12-7-13-24-20-10-5-3-8-18(20)19-9-4-6-11-21(19)24;1-22(19(24)13-14-8-9-15(20)16(21)12-14)17-6-2-3-7-18(17)23-10-4-5-11-23/h3-6,8-11,16-17,22H,7,12-15H2,1-2H3;8-9,12,17-18H,2-7,10-11,13H2,1H3/t16-,17+;17-,18-/m.0/s1. The molecule has 2 saturated heterocycles. The van der Waals surface area contributed by atoms with Gasteiger partial charge in [-0.15, -0.1) is 0 Å². The van der Waals surface area contributed by atoms with Crippen molar-refractivity contribution in [3.8, 4) is 0 Å². The number of amides is 1. The van der Waals surface area contributed by atoms with Crippen LogP contribution >= 0.6 is 23.2 Å². The minimum absolute atomic E-state index is 0.171. The predicted octanol–water partition coefficient (Wildman–Crippen LogP) is 8.27. The molecule has 1 amide bonds. The molecule has 1 aromatic heterocycles. The number of carbonyl (C=O) groups is 1. The van der Waals surface area contributed by atoms with E-state index in [-0.39, 0.29) is 5.91 Å². The van der Waals surface area contributed by atoms with Crippen molar-refractivity contribution in [3.63, 3.8) is 0 Å². The summed E-state index contributed by atoms with van der Waals surface area (Å²) in [7, 11) is 1.97. The molecule has 1 aliphatic carbocycles. The van der Waals surface area contributed by atoms with Crippen LogP contribution in [0.2, 0.25) is 10.0 Å². The first-order valence-corrected chi connectivity index (χ1v) is 18.9. The number of nitrogens with zero attached hydrogens (tertiary/aromatic N) is 4. The molecule has 4 aromatic rings. The van der Waals surface area contributed by atoms with Crippen LogP contribution in [0.15, 0.2) is 66.7 Å². The molecule has 48 heavy (non-hydrogen) atoms. The number of halogens is 2. The summed E-state index contributed by atoms with van der Waals surface area (Å²) >= 11 is 12.0. The van der Waals surface area contributed by atoms with E-state index < -0.39 is 0 Å². The molecule has 6 nitrogen and oxygen atoms in total. The van der Waals surface area contributed by atoms with Gasteiger partial charge in [-0.2, -0.15) is 0 Å². The number of aromatic nitrogens is 1. The van der Waals surface area contributed by atoms with E-state index in [1.807, 2.05) is 18.0 Å². The topological polar surface area (TPSA) is 43.8 Å². The first kappa shape index (κ1) is 35.2. The molecule has 1 N–H and O–H groups in total. The Labute approximate surface area is 297 Å². The number of likely N-dealkylation sites (N-methyl/N-ethyl adjacent to an activating group) is 1. The maximum Gasteiger partial charge on any atom is 0.227 e. The summed E-state index contributed by atoms with van der Waals surface area (Å²) in [6.45, 7) is 11.5. The smallest absolute Gasteiger partial charge is 0.227 e. The van der Waals surface area contributed by atoms with Gasteiger partial charge in [0.1, 0.15) is 0 Å². The van der Waals surface area contributed by atoms with E-state index in [0.29, 0.717) is 40.6 Å². The van der Waals surface area contributed by atoms with Crippen LogP contribution in [0.25, 0.3) is 21.8 Å². The summed E-state index contributed by atoms with van der Waals surface area (Å²) in [5.74, 6) is 0.171. The fourth-order valence-corrected chi connectivity index (χ4v) is 8.82. The van der Waals surface area contributed by atoms with Crippen molar-refractivity contribution in [1.82, 2.24) is 24.6 Å². The molecule has 0 bridgehead atoms. The highest BCUT2D eigenvalue weighted by Crippen LogP contribution is 2.31. The van der Waals surface area contributed by atoms with Gasteiger partial charge in [-0.25, -0.2) is 0 Å². The minimum atomic E-state index is 0.171. The SMILES string of the molecule is CN(C(=O)Cc1ccc(Cl)c(Cl)c1)[C@H]1CCCC[C@@H]1N1CCCC1.C[C@@H]1CN(CCCn2c3ccccc3c3ccccc32)C[C@H](C)N1. The molecule has 3 fully saturated rings. The van der Waals surface area contributed by atoms with E-state index in [1.165, 1.54) is 80.0 Å². The number of carbonyl (C=O) groups excluding carboxylic acids is 1. The summed E-state index contributed by atoms with van der Waals surface area (Å²) in [6, 6.07) is 25.1. The van der Waals surface area contributed by atoms with E-state index in [1.54, 1.807) is 12.1 Å². The third-order valence-corrected chi connectivity index (χ3v) is 11.4. The second-order valence-corrected chi connectivity index (χ2v) is 15.2. The van der Waals surface area contributed by atoms with Crippen LogP contribution in [0.1, 0.15) is 64.4 Å². The van der Waals surface area contributed by atoms with E-state index in [0.717, 1.165) is 31.6 Å². The normalized spacial score (nSPS) is 23.7. The number of hydrogen-bond donors (Lipinski definition) is 1. The number of para-hydroxylation sites is 2. The Morgan fingerprint density at radius 2 is 1.44 bits per heavy atom. The lowest BCUT2D eigenvalue weighted by Crippen LogP contribution is -2.54. The molecule has 3 heterocycles. The second kappa shape index (κ2) is 16.4. The highest BCUT2D eigenvalue weighted by atomic mass is 35.5. The molecule has 0 radical (unpaired) electrons. The van der Waals surface area contributed by atoms with Gasteiger partial charge in [0.15, 0.2) is 0 Å². The van der Waals surface area contributed by atoms with Crippen LogP contribution in [0, 0.1) is 0 Å². The zero-order valence-corrected chi connectivity index (χ0v) is 30.5. The van der Waals surface area contributed by atoms with E-state index in [9.17, 15) is 4.79 Å². The third kappa shape index (κ3) is 8.39. The fraction of sp³-hybridized carbons (Fsp3) is 0.525. The Kier molecular flexibility index (Phi) is 12.0. The lowest BCUT2D eigenvalue weighted by atomic mass is 9.88. The maximum atomic E-state index is 12.8. The Morgan fingerprint density at radius 1 is 0.812 bits per heavy atom. The first-order valence-electron chi connectivity index (χ1n) is 18.2. The van der Waals surface area contributed by atoms with Crippen LogP contribution < -0.4 is 5.32 Å². The Morgan fingerprint density at radius 3 is 2.08 bits per heavy atom. The predicted molar refractivity (Wildman–Crippen MR) is 202 cm³/mol. The number of fused-ring (bicyclic) bond motifs is 3. The van der Waals surface area contributed by atoms with Gasteiger partial charge in [0.25, 0.3) is 0 Å². The molecule has 0 unspecified atom stereocenters.